The number of amides is 1. The van der Waals surface area contributed by atoms with Gasteiger partial charge in [-0.15, -0.1) is 0 Å². The van der Waals surface area contributed by atoms with Crippen molar-refractivity contribution in [3.63, 3.8) is 0 Å². The number of nitrogens with one attached hydrogen (secondary N) is 1. The Morgan fingerprint density at radius 2 is 2.29 bits per heavy atom. The van der Waals surface area contributed by atoms with Crippen LogP contribution in [-0.4, -0.2) is 22.0 Å². The van der Waals surface area contributed by atoms with Gasteiger partial charge in [-0.05, 0) is 6.07 Å². The second kappa shape index (κ2) is 4.36. The smallest absolute Gasteiger partial charge is 0.300 e. The van der Waals surface area contributed by atoms with Crippen molar-refractivity contribution in [2.45, 2.75) is 13.3 Å². The molecule has 0 bridgehead atoms. The first-order chi connectivity index (χ1) is 6.59. The summed E-state index contributed by atoms with van der Waals surface area (Å²) < 4.78 is 0. The zero-order valence-corrected chi connectivity index (χ0v) is 7.65. The summed E-state index contributed by atoms with van der Waals surface area (Å²) in [4.78, 5) is 23.7. The zero-order chi connectivity index (χ0) is 10.6. The predicted molar refractivity (Wildman–Crippen MR) is 49.9 cm³/mol. The molecule has 0 radical (unpaired) electrons. The fourth-order valence-electron chi connectivity index (χ4n) is 1.04. The Labute approximate surface area is 80.8 Å². The van der Waals surface area contributed by atoms with Gasteiger partial charge in [0.1, 0.15) is 5.82 Å². The average Bonchev–Trinajstić information content (AvgIpc) is 2.42. The molecule has 5 nitrogen and oxygen atoms in total. The van der Waals surface area contributed by atoms with Gasteiger partial charge in [0.25, 0.3) is 5.97 Å². The largest absolute Gasteiger partial charge is 0.481 e. The van der Waals surface area contributed by atoms with Crippen LogP contribution in [-0.2, 0) is 16.0 Å². The highest BCUT2D eigenvalue weighted by Crippen LogP contribution is 2.17. The summed E-state index contributed by atoms with van der Waals surface area (Å²) in [7, 11) is 0. The Balaban J connectivity index is 0.000000213. The van der Waals surface area contributed by atoms with Crippen molar-refractivity contribution in [2.75, 3.05) is 5.32 Å². The second-order valence-electron chi connectivity index (χ2n) is 2.76. The van der Waals surface area contributed by atoms with Crippen molar-refractivity contribution in [1.29, 1.82) is 0 Å². The fraction of sp³-hybridized carbons (Fsp3) is 0.222. The molecule has 0 atom stereocenters. The molecular formula is C9H10N2O3. The summed E-state index contributed by atoms with van der Waals surface area (Å²) in [5.41, 5.74) is 0.993. The summed E-state index contributed by atoms with van der Waals surface area (Å²) in [5.74, 6) is -0.0822. The third-order valence-corrected chi connectivity index (χ3v) is 1.50. The van der Waals surface area contributed by atoms with E-state index in [9.17, 15) is 4.79 Å². The number of aliphatic carboxylic acids is 1. The Hall–Kier alpha value is -1.91. The van der Waals surface area contributed by atoms with Crippen LogP contribution in [0.15, 0.2) is 18.3 Å². The lowest BCUT2D eigenvalue weighted by Gasteiger charge is -1.91. The number of hydrogen-bond acceptors (Lipinski definition) is 3. The Bertz CT molecular complexity index is 332. The van der Waals surface area contributed by atoms with E-state index in [1.54, 1.807) is 6.20 Å². The summed E-state index contributed by atoms with van der Waals surface area (Å²) >= 11 is 0. The van der Waals surface area contributed by atoms with Crippen LogP contribution in [0.25, 0.3) is 0 Å². The minimum absolute atomic E-state index is 0.0358. The van der Waals surface area contributed by atoms with E-state index in [2.05, 4.69) is 10.3 Å². The van der Waals surface area contributed by atoms with E-state index in [4.69, 9.17) is 9.90 Å². The first-order valence-electron chi connectivity index (χ1n) is 4.03. The van der Waals surface area contributed by atoms with E-state index in [1.165, 1.54) is 0 Å². The number of carbonyl (C=O) groups excluding carboxylic acids is 1. The van der Waals surface area contributed by atoms with Crippen molar-refractivity contribution in [2.24, 2.45) is 0 Å². The molecule has 0 saturated heterocycles. The monoisotopic (exact) mass is 194 g/mol. The summed E-state index contributed by atoms with van der Waals surface area (Å²) in [6.07, 6.45) is 2.15. The van der Waals surface area contributed by atoms with Gasteiger partial charge in [0.15, 0.2) is 0 Å². The first kappa shape index (κ1) is 10.2. The lowest BCUT2D eigenvalue weighted by atomic mass is 10.2. The number of carboxylic acids is 1. The summed E-state index contributed by atoms with van der Waals surface area (Å²) in [5, 5.41) is 10.1. The topological polar surface area (TPSA) is 79.3 Å². The van der Waals surface area contributed by atoms with E-state index in [-0.39, 0.29) is 5.91 Å². The molecule has 0 unspecified atom stereocenters. The van der Waals surface area contributed by atoms with Crippen molar-refractivity contribution < 1.29 is 14.7 Å². The number of pyridine rings is 1. The van der Waals surface area contributed by atoms with Gasteiger partial charge in [-0.3, -0.25) is 9.59 Å². The lowest BCUT2D eigenvalue weighted by molar-refractivity contribution is -0.134. The Morgan fingerprint density at radius 3 is 2.86 bits per heavy atom. The van der Waals surface area contributed by atoms with Crippen LogP contribution in [0.1, 0.15) is 12.5 Å². The fourth-order valence-corrected chi connectivity index (χ4v) is 1.04. The van der Waals surface area contributed by atoms with Crippen molar-refractivity contribution in [3.8, 4) is 0 Å². The first-order valence-corrected chi connectivity index (χ1v) is 4.03. The SMILES string of the molecule is CC(=O)O.O=C1Cc2cccnc2N1. The maximum atomic E-state index is 10.7. The average molecular weight is 194 g/mol. The molecule has 2 heterocycles. The molecule has 74 valence electrons. The van der Waals surface area contributed by atoms with Crippen LogP contribution in [0.3, 0.4) is 0 Å². The third kappa shape index (κ3) is 2.85. The number of aromatic nitrogens is 1. The Morgan fingerprint density at radius 1 is 1.64 bits per heavy atom. The van der Waals surface area contributed by atoms with Gasteiger partial charge in [-0.1, -0.05) is 6.07 Å². The van der Waals surface area contributed by atoms with Gasteiger partial charge in [-0.2, -0.15) is 0 Å². The summed E-state index contributed by atoms with van der Waals surface area (Å²) in [6.45, 7) is 1.08. The number of hydrogen-bond donors (Lipinski definition) is 2. The molecule has 5 heteroatoms. The highest BCUT2D eigenvalue weighted by molar-refractivity contribution is 5.97. The molecule has 0 fully saturated rings. The van der Waals surface area contributed by atoms with E-state index in [0.29, 0.717) is 12.2 Å². The zero-order valence-electron chi connectivity index (χ0n) is 7.65. The molecule has 14 heavy (non-hydrogen) atoms. The van der Waals surface area contributed by atoms with Gasteiger partial charge in [0, 0.05) is 18.7 Å². The van der Waals surface area contributed by atoms with Crippen molar-refractivity contribution >= 4 is 17.7 Å². The molecular weight excluding hydrogens is 184 g/mol. The van der Waals surface area contributed by atoms with Gasteiger partial charge in [0.05, 0.1) is 6.42 Å². The number of carbonyl (C=O) groups is 2. The van der Waals surface area contributed by atoms with Gasteiger partial charge in [0.2, 0.25) is 5.91 Å². The number of fused-ring (bicyclic) bond motifs is 1. The quantitative estimate of drug-likeness (QED) is 0.636. The highest BCUT2D eigenvalue weighted by Gasteiger charge is 2.16. The molecule has 0 spiro atoms. The molecule has 2 rings (SSSR count). The van der Waals surface area contributed by atoms with Gasteiger partial charge in [-0.25, -0.2) is 4.98 Å². The number of carboxylic acid groups (broad SMARTS) is 1. The number of rotatable bonds is 0. The molecule has 2 N–H and O–H groups in total. The molecule has 1 aliphatic heterocycles. The van der Waals surface area contributed by atoms with Crippen LogP contribution in [0, 0.1) is 0 Å². The van der Waals surface area contributed by atoms with Crippen LogP contribution >= 0.6 is 0 Å². The molecule has 1 aromatic rings. The minimum Gasteiger partial charge on any atom is -0.481 e. The third-order valence-electron chi connectivity index (χ3n) is 1.50. The molecule has 1 aliphatic rings. The normalized spacial score (nSPS) is 12.2. The predicted octanol–water partition coefficient (Wildman–Crippen LogP) is 0.667. The summed E-state index contributed by atoms with van der Waals surface area (Å²) in [6, 6.07) is 3.74. The number of nitrogens with zero attached hydrogens (tertiary/aromatic N) is 1. The van der Waals surface area contributed by atoms with Crippen LogP contribution in [0.2, 0.25) is 0 Å². The second-order valence-corrected chi connectivity index (χ2v) is 2.76. The maximum absolute atomic E-state index is 10.7. The molecule has 0 aromatic carbocycles. The lowest BCUT2D eigenvalue weighted by Crippen LogP contribution is -2.04. The highest BCUT2D eigenvalue weighted by atomic mass is 16.4. The standard InChI is InChI=1S/C7H6N2O.C2H4O2/c10-6-4-5-2-1-3-8-7(5)9-6;1-2(3)4/h1-3H,4H2,(H,8,9,10);1H3,(H,3,4). The van der Waals surface area contributed by atoms with E-state index >= 15 is 0 Å². The number of anilines is 1. The van der Waals surface area contributed by atoms with Crippen LogP contribution in [0.4, 0.5) is 5.82 Å². The van der Waals surface area contributed by atoms with E-state index < -0.39 is 5.97 Å². The molecule has 1 aromatic heterocycles. The van der Waals surface area contributed by atoms with Crippen LogP contribution < -0.4 is 5.32 Å². The van der Waals surface area contributed by atoms with Gasteiger partial charge >= 0.3 is 0 Å². The van der Waals surface area contributed by atoms with E-state index in [1.807, 2.05) is 12.1 Å². The van der Waals surface area contributed by atoms with Crippen molar-refractivity contribution in [1.82, 2.24) is 4.98 Å². The maximum Gasteiger partial charge on any atom is 0.300 e. The van der Waals surface area contributed by atoms with E-state index in [0.717, 1.165) is 12.5 Å². The van der Waals surface area contributed by atoms with Gasteiger partial charge < -0.3 is 10.4 Å². The molecule has 0 saturated carbocycles. The van der Waals surface area contributed by atoms with Crippen molar-refractivity contribution in [3.05, 3.63) is 23.9 Å². The minimum atomic E-state index is -0.833. The molecule has 0 aliphatic carbocycles. The molecule has 1 amide bonds. The van der Waals surface area contributed by atoms with Crippen LogP contribution in [0.5, 0.6) is 0 Å². The Kier molecular flexibility index (Phi) is 3.17.